The topological polar surface area (TPSA) is 51.5 Å². The van der Waals surface area contributed by atoms with Crippen molar-refractivity contribution in [3.8, 4) is 17.1 Å². The first-order valence-corrected chi connectivity index (χ1v) is 8.73. The lowest BCUT2D eigenvalue weighted by Crippen LogP contribution is -2.26. The molecule has 0 fully saturated rings. The first-order valence-electron chi connectivity index (χ1n) is 7.98. The molecule has 0 aliphatic carbocycles. The van der Waals surface area contributed by atoms with Crippen LogP contribution in [0.15, 0.2) is 59.0 Å². The van der Waals surface area contributed by atoms with Gasteiger partial charge in [0.25, 0.3) is 5.91 Å². The molecular weight excluding hydrogens is 373 g/mol. The van der Waals surface area contributed by atoms with Crippen LogP contribution >= 0.6 is 23.2 Å². The molecule has 0 saturated heterocycles. The Morgan fingerprint density at radius 2 is 1.81 bits per heavy atom. The van der Waals surface area contributed by atoms with Crippen molar-refractivity contribution in [1.29, 1.82) is 0 Å². The van der Waals surface area contributed by atoms with Crippen molar-refractivity contribution < 1.29 is 13.9 Å². The van der Waals surface area contributed by atoms with Gasteiger partial charge in [0, 0.05) is 10.6 Å². The average molecular weight is 390 g/mol. The monoisotopic (exact) mass is 389 g/mol. The van der Waals surface area contributed by atoms with Gasteiger partial charge >= 0.3 is 0 Å². The van der Waals surface area contributed by atoms with E-state index in [2.05, 4.69) is 5.32 Å². The highest BCUT2D eigenvalue weighted by Crippen LogP contribution is 2.31. The Bertz CT molecular complexity index is 919. The molecule has 134 valence electrons. The fourth-order valence-corrected chi connectivity index (χ4v) is 3.04. The van der Waals surface area contributed by atoms with E-state index in [9.17, 15) is 4.79 Å². The summed E-state index contributed by atoms with van der Waals surface area (Å²) < 4.78 is 10.8. The minimum Gasteiger partial charge on any atom is -0.497 e. The number of hydrogen-bond acceptors (Lipinski definition) is 3. The van der Waals surface area contributed by atoms with Crippen LogP contribution in [0.25, 0.3) is 11.3 Å². The second-order valence-electron chi connectivity index (χ2n) is 5.76. The molecule has 0 spiro atoms. The van der Waals surface area contributed by atoms with Gasteiger partial charge in [-0.15, -0.1) is 0 Å². The molecule has 1 atom stereocenters. The van der Waals surface area contributed by atoms with Gasteiger partial charge in [-0.3, -0.25) is 4.79 Å². The highest BCUT2D eigenvalue weighted by Gasteiger charge is 2.17. The lowest BCUT2D eigenvalue weighted by Gasteiger charge is -2.13. The van der Waals surface area contributed by atoms with Crippen molar-refractivity contribution in [2.45, 2.75) is 13.0 Å². The summed E-state index contributed by atoms with van der Waals surface area (Å²) in [6.07, 6.45) is 0. The number of methoxy groups -OCH3 is 1. The average Bonchev–Trinajstić information content (AvgIpc) is 3.11. The van der Waals surface area contributed by atoms with E-state index in [0.29, 0.717) is 21.4 Å². The van der Waals surface area contributed by atoms with E-state index in [1.807, 2.05) is 31.2 Å². The number of ether oxygens (including phenoxy) is 1. The van der Waals surface area contributed by atoms with Crippen LogP contribution in [-0.2, 0) is 0 Å². The zero-order valence-corrected chi connectivity index (χ0v) is 15.8. The second kappa shape index (κ2) is 7.85. The Morgan fingerprint density at radius 1 is 1.08 bits per heavy atom. The third-order valence-electron chi connectivity index (χ3n) is 3.99. The van der Waals surface area contributed by atoms with E-state index >= 15 is 0 Å². The summed E-state index contributed by atoms with van der Waals surface area (Å²) in [5, 5.41) is 3.91. The van der Waals surface area contributed by atoms with Gasteiger partial charge in [0.15, 0.2) is 5.76 Å². The summed E-state index contributed by atoms with van der Waals surface area (Å²) in [6, 6.07) is 15.8. The van der Waals surface area contributed by atoms with E-state index in [-0.39, 0.29) is 17.7 Å². The van der Waals surface area contributed by atoms with Crippen LogP contribution in [0.4, 0.5) is 0 Å². The third kappa shape index (κ3) is 4.03. The predicted octanol–water partition coefficient (Wildman–Crippen LogP) is 5.75. The number of hydrogen-bond donors (Lipinski definition) is 1. The largest absolute Gasteiger partial charge is 0.497 e. The molecule has 6 heteroatoms. The van der Waals surface area contributed by atoms with Crippen molar-refractivity contribution in [1.82, 2.24) is 5.32 Å². The summed E-state index contributed by atoms with van der Waals surface area (Å²) in [5.74, 6) is 1.19. The molecule has 0 saturated carbocycles. The second-order valence-corrected chi connectivity index (χ2v) is 6.60. The number of benzene rings is 2. The SMILES string of the molecule is COc1ccc(C(C)NC(=O)c2ccc(-c3ccc(Cl)cc3Cl)o2)cc1. The van der Waals surface area contributed by atoms with Crippen LogP contribution < -0.4 is 10.1 Å². The molecule has 0 radical (unpaired) electrons. The van der Waals surface area contributed by atoms with Gasteiger partial charge in [-0.1, -0.05) is 35.3 Å². The van der Waals surface area contributed by atoms with Crippen molar-refractivity contribution in [3.63, 3.8) is 0 Å². The molecule has 4 nitrogen and oxygen atoms in total. The maximum absolute atomic E-state index is 12.5. The molecule has 0 aliphatic rings. The van der Waals surface area contributed by atoms with E-state index in [4.69, 9.17) is 32.4 Å². The van der Waals surface area contributed by atoms with Crippen LogP contribution in [0.3, 0.4) is 0 Å². The van der Waals surface area contributed by atoms with Crippen molar-refractivity contribution in [2.75, 3.05) is 7.11 Å². The Balaban J connectivity index is 1.73. The van der Waals surface area contributed by atoms with E-state index in [1.54, 1.807) is 37.4 Å². The van der Waals surface area contributed by atoms with Gasteiger partial charge in [-0.25, -0.2) is 0 Å². The molecule has 1 unspecified atom stereocenters. The third-order valence-corrected chi connectivity index (χ3v) is 4.54. The van der Waals surface area contributed by atoms with Crippen LogP contribution in [0.5, 0.6) is 5.75 Å². The molecule has 3 aromatic rings. The molecule has 1 aromatic heterocycles. The quantitative estimate of drug-likeness (QED) is 0.603. The first-order chi connectivity index (χ1) is 12.5. The highest BCUT2D eigenvalue weighted by molar-refractivity contribution is 6.36. The van der Waals surface area contributed by atoms with Gasteiger partial charge < -0.3 is 14.5 Å². The minimum atomic E-state index is -0.301. The Hall–Kier alpha value is -2.43. The van der Waals surface area contributed by atoms with E-state index < -0.39 is 0 Å². The van der Waals surface area contributed by atoms with Gasteiger partial charge in [-0.05, 0) is 55.0 Å². The normalized spacial score (nSPS) is 11.8. The molecule has 0 bridgehead atoms. The van der Waals surface area contributed by atoms with Crippen molar-refractivity contribution in [3.05, 3.63) is 76.0 Å². The summed E-state index contributed by atoms with van der Waals surface area (Å²) in [7, 11) is 1.61. The number of nitrogens with one attached hydrogen (secondary N) is 1. The van der Waals surface area contributed by atoms with Crippen LogP contribution in [-0.4, -0.2) is 13.0 Å². The number of furan rings is 1. The minimum absolute atomic E-state index is 0.180. The standard InChI is InChI=1S/C20H17Cl2NO3/c1-12(13-3-6-15(25-2)7-4-13)23-20(24)19-10-9-18(26-19)16-8-5-14(21)11-17(16)22/h3-12H,1-2H3,(H,23,24). The van der Waals surface area contributed by atoms with E-state index in [1.165, 1.54) is 0 Å². The summed E-state index contributed by atoms with van der Waals surface area (Å²) in [6.45, 7) is 1.90. The number of rotatable bonds is 5. The first kappa shape index (κ1) is 18.4. The van der Waals surface area contributed by atoms with Gasteiger partial charge in [0.1, 0.15) is 11.5 Å². The lowest BCUT2D eigenvalue weighted by atomic mass is 10.1. The summed E-state index contributed by atoms with van der Waals surface area (Å²) >= 11 is 12.1. The van der Waals surface area contributed by atoms with Crippen molar-refractivity contribution >= 4 is 29.1 Å². The van der Waals surface area contributed by atoms with Crippen LogP contribution in [0.2, 0.25) is 10.0 Å². The maximum atomic E-state index is 12.5. The fraction of sp³-hybridized carbons (Fsp3) is 0.150. The number of halogens is 2. The van der Waals surface area contributed by atoms with Crippen LogP contribution in [0.1, 0.15) is 29.1 Å². The lowest BCUT2D eigenvalue weighted by molar-refractivity contribution is 0.0912. The molecule has 2 aromatic carbocycles. The zero-order chi connectivity index (χ0) is 18.7. The molecule has 26 heavy (non-hydrogen) atoms. The molecule has 1 N–H and O–H groups in total. The number of carbonyl (C=O) groups excluding carboxylic acids is 1. The maximum Gasteiger partial charge on any atom is 0.287 e. The molecule has 3 rings (SSSR count). The molecular formula is C20H17Cl2NO3. The number of carbonyl (C=O) groups is 1. The van der Waals surface area contributed by atoms with Crippen molar-refractivity contribution in [2.24, 2.45) is 0 Å². The molecule has 0 aliphatic heterocycles. The van der Waals surface area contributed by atoms with Gasteiger partial charge in [-0.2, -0.15) is 0 Å². The Morgan fingerprint density at radius 3 is 2.46 bits per heavy atom. The highest BCUT2D eigenvalue weighted by atomic mass is 35.5. The fourth-order valence-electron chi connectivity index (χ4n) is 2.54. The van der Waals surface area contributed by atoms with Crippen LogP contribution in [0, 0.1) is 0 Å². The summed E-state index contributed by atoms with van der Waals surface area (Å²) in [4.78, 5) is 12.5. The van der Waals surface area contributed by atoms with Gasteiger partial charge in [0.05, 0.1) is 18.2 Å². The predicted molar refractivity (Wildman–Crippen MR) is 103 cm³/mol. The Kier molecular flexibility index (Phi) is 5.55. The van der Waals surface area contributed by atoms with E-state index in [0.717, 1.165) is 11.3 Å². The molecule has 1 heterocycles. The Labute approximate surface area is 161 Å². The smallest absolute Gasteiger partial charge is 0.287 e. The molecule has 1 amide bonds. The summed E-state index contributed by atoms with van der Waals surface area (Å²) in [5.41, 5.74) is 1.64. The van der Waals surface area contributed by atoms with Gasteiger partial charge in [0.2, 0.25) is 0 Å². The zero-order valence-electron chi connectivity index (χ0n) is 14.3. The number of amides is 1.